The summed E-state index contributed by atoms with van der Waals surface area (Å²) in [6, 6.07) is 17.3. The fourth-order valence-corrected chi connectivity index (χ4v) is 3.60. The monoisotopic (exact) mass is 433 g/mol. The molecule has 1 aromatic carbocycles. The summed E-state index contributed by atoms with van der Waals surface area (Å²) in [5, 5.41) is 3.40. The number of amides is 1. The van der Waals surface area contributed by atoms with E-state index in [1.807, 2.05) is 42.5 Å². The number of aliphatic imine (C=N–C) groups is 1. The van der Waals surface area contributed by atoms with Gasteiger partial charge in [0, 0.05) is 51.5 Å². The number of guanidine groups is 1. The van der Waals surface area contributed by atoms with E-state index < -0.39 is 0 Å². The summed E-state index contributed by atoms with van der Waals surface area (Å²) in [7, 11) is 1.76. The lowest BCUT2D eigenvalue weighted by atomic mass is 10.2. The Hall–Kier alpha value is -3.81. The molecular formula is C24H27N5O3. The van der Waals surface area contributed by atoms with Crippen LogP contribution in [0.3, 0.4) is 0 Å². The molecule has 0 aliphatic carbocycles. The van der Waals surface area contributed by atoms with E-state index in [2.05, 4.69) is 20.2 Å². The van der Waals surface area contributed by atoms with Gasteiger partial charge in [-0.2, -0.15) is 0 Å². The molecule has 1 fully saturated rings. The Morgan fingerprint density at radius 1 is 1.06 bits per heavy atom. The van der Waals surface area contributed by atoms with Crippen LogP contribution in [0.5, 0.6) is 5.88 Å². The number of nitrogens with one attached hydrogen (secondary N) is 1. The van der Waals surface area contributed by atoms with Crippen molar-refractivity contribution in [2.24, 2.45) is 4.99 Å². The lowest BCUT2D eigenvalue weighted by molar-refractivity contribution is 0.0657. The molecule has 4 rings (SSSR count). The second-order valence-corrected chi connectivity index (χ2v) is 7.40. The van der Waals surface area contributed by atoms with Crippen LogP contribution in [0.4, 0.5) is 0 Å². The maximum absolute atomic E-state index is 12.5. The van der Waals surface area contributed by atoms with Gasteiger partial charge in [0.05, 0.1) is 6.26 Å². The molecule has 2 aromatic heterocycles. The van der Waals surface area contributed by atoms with Crippen molar-refractivity contribution in [3.05, 3.63) is 83.9 Å². The highest BCUT2D eigenvalue weighted by molar-refractivity contribution is 5.91. The molecule has 1 N–H and O–H groups in total. The predicted octanol–water partition coefficient (Wildman–Crippen LogP) is 2.79. The molecule has 8 nitrogen and oxygen atoms in total. The van der Waals surface area contributed by atoms with Gasteiger partial charge in [-0.15, -0.1) is 0 Å². The molecular weight excluding hydrogens is 406 g/mol. The molecule has 0 radical (unpaired) electrons. The van der Waals surface area contributed by atoms with E-state index in [4.69, 9.17) is 9.15 Å². The van der Waals surface area contributed by atoms with Gasteiger partial charge in [0.1, 0.15) is 6.61 Å². The van der Waals surface area contributed by atoms with Gasteiger partial charge in [-0.05, 0) is 23.8 Å². The Morgan fingerprint density at radius 3 is 2.56 bits per heavy atom. The molecule has 8 heteroatoms. The van der Waals surface area contributed by atoms with Crippen molar-refractivity contribution in [3.63, 3.8) is 0 Å². The molecule has 1 saturated heterocycles. The first-order chi connectivity index (χ1) is 15.7. The van der Waals surface area contributed by atoms with Crippen molar-refractivity contribution in [1.82, 2.24) is 20.1 Å². The zero-order chi connectivity index (χ0) is 22.2. The molecule has 0 atom stereocenters. The van der Waals surface area contributed by atoms with Crippen LogP contribution in [0, 0.1) is 0 Å². The minimum absolute atomic E-state index is 0.0758. The first kappa shape index (κ1) is 21.4. The third kappa shape index (κ3) is 5.26. The number of piperazine rings is 1. The predicted molar refractivity (Wildman–Crippen MR) is 121 cm³/mol. The summed E-state index contributed by atoms with van der Waals surface area (Å²) in [5.41, 5.74) is 2.05. The van der Waals surface area contributed by atoms with Crippen LogP contribution in [-0.4, -0.2) is 59.9 Å². The summed E-state index contributed by atoms with van der Waals surface area (Å²) in [6.07, 6.45) is 3.25. The lowest BCUT2D eigenvalue weighted by Gasteiger charge is -2.36. The van der Waals surface area contributed by atoms with Crippen LogP contribution in [-0.2, 0) is 13.2 Å². The largest absolute Gasteiger partial charge is 0.473 e. The number of hydrogen-bond acceptors (Lipinski definition) is 5. The van der Waals surface area contributed by atoms with Crippen molar-refractivity contribution in [3.8, 4) is 5.88 Å². The van der Waals surface area contributed by atoms with Gasteiger partial charge < -0.3 is 24.3 Å². The van der Waals surface area contributed by atoms with Gasteiger partial charge in [0.25, 0.3) is 5.91 Å². The number of hydrogen-bond donors (Lipinski definition) is 1. The highest BCUT2D eigenvalue weighted by Crippen LogP contribution is 2.16. The summed E-state index contributed by atoms with van der Waals surface area (Å²) in [4.78, 5) is 25.2. The van der Waals surface area contributed by atoms with E-state index >= 15 is 0 Å². The quantitative estimate of drug-likeness (QED) is 0.476. The number of ether oxygens (including phenoxy) is 1. The Bertz CT molecular complexity index is 1030. The minimum Gasteiger partial charge on any atom is -0.473 e. The summed E-state index contributed by atoms with van der Waals surface area (Å²) < 4.78 is 11.2. The summed E-state index contributed by atoms with van der Waals surface area (Å²) >= 11 is 0. The first-order valence-corrected chi connectivity index (χ1v) is 10.6. The van der Waals surface area contributed by atoms with Crippen molar-refractivity contribution < 1.29 is 13.9 Å². The number of pyridine rings is 1. The van der Waals surface area contributed by atoms with Crippen LogP contribution in [0.2, 0.25) is 0 Å². The minimum atomic E-state index is -0.0758. The fraction of sp³-hybridized carbons (Fsp3) is 0.292. The van der Waals surface area contributed by atoms with Crippen LogP contribution in [0.1, 0.15) is 21.7 Å². The van der Waals surface area contributed by atoms with Crippen LogP contribution >= 0.6 is 0 Å². The van der Waals surface area contributed by atoms with Gasteiger partial charge >= 0.3 is 0 Å². The smallest absolute Gasteiger partial charge is 0.289 e. The van der Waals surface area contributed by atoms with E-state index in [0.29, 0.717) is 51.0 Å². The number of benzene rings is 1. The van der Waals surface area contributed by atoms with Crippen molar-refractivity contribution in [2.45, 2.75) is 13.2 Å². The normalized spacial score (nSPS) is 14.3. The third-order valence-corrected chi connectivity index (χ3v) is 5.32. The van der Waals surface area contributed by atoms with Crippen molar-refractivity contribution >= 4 is 11.9 Å². The van der Waals surface area contributed by atoms with Gasteiger partial charge in [-0.3, -0.25) is 9.79 Å². The number of aromatic nitrogens is 1. The molecule has 166 valence electrons. The summed E-state index contributed by atoms with van der Waals surface area (Å²) in [6.45, 7) is 3.60. The van der Waals surface area contributed by atoms with Gasteiger partial charge in [0.15, 0.2) is 11.7 Å². The van der Waals surface area contributed by atoms with Crippen LogP contribution in [0.15, 0.2) is 76.5 Å². The number of rotatable bonds is 6. The van der Waals surface area contributed by atoms with E-state index in [1.54, 1.807) is 30.3 Å². The summed E-state index contributed by atoms with van der Waals surface area (Å²) in [5.74, 6) is 1.69. The van der Waals surface area contributed by atoms with Gasteiger partial charge in [0.2, 0.25) is 5.88 Å². The topological polar surface area (TPSA) is 83.2 Å². The molecule has 32 heavy (non-hydrogen) atoms. The second-order valence-electron chi connectivity index (χ2n) is 7.40. The molecule has 1 aliphatic heterocycles. The van der Waals surface area contributed by atoms with Crippen LogP contribution < -0.4 is 10.1 Å². The van der Waals surface area contributed by atoms with E-state index in [-0.39, 0.29) is 5.91 Å². The lowest BCUT2D eigenvalue weighted by Crippen LogP contribution is -2.53. The first-order valence-electron chi connectivity index (χ1n) is 10.6. The zero-order valence-electron chi connectivity index (χ0n) is 18.1. The molecule has 3 heterocycles. The average molecular weight is 434 g/mol. The molecule has 3 aromatic rings. The Kier molecular flexibility index (Phi) is 7.01. The number of carbonyl (C=O) groups excluding carboxylic acids is 1. The second kappa shape index (κ2) is 10.5. The maximum atomic E-state index is 12.5. The molecule has 0 bridgehead atoms. The fourth-order valence-electron chi connectivity index (χ4n) is 3.60. The van der Waals surface area contributed by atoms with Gasteiger partial charge in [-0.1, -0.05) is 36.4 Å². The highest BCUT2D eigenvalue weighted by Gasteiger charge is 2.25. The molecule has 0 unspecified atom stereocenters. The standard InChI is InChI=1S/C24H27N5O3/c1-25-24(29-14-12-28(13-15-29)23(30)21-10-6-16-31-21)27-17-20-9-5-11-26-22(20)32-18-19-7-3-2-4-8-19/h2-11,16H,12-15,17-18H2,1H3,(H,25,27). The number of carbonyl (C=O) groups is 1. The highest BCUT2D eigenvalue weighted by atomic mass is 16.5. The van der Waals surface area contributed by atoms with Gasteiger partial charge in [-0.25, -0.2) is 4.98 Å². The molecule has 1 aliphatic rings. The third-order valence-electron chi connectivity index (χ3n) is 5.32. The molecule has 0 saturated carbocycles. The van der Waals surface area contributed by atoms with E-state index in [0.717, 1.165) is 17.1 Å². The zero-order valence-corrected chi connectivity index (χ0v) is 18.1. The Balaban J connectivity index is 1.31. The Labute approximate surface area is 187 Å². The molecule has 0 spiro atoms. The van der Waals surface area contributed by atoms with Crippen LogP contribution in [0.25, 0.3) is 0 Å². The Morgan fingerprint density at radius 2 is 1.84 bits per heavy atom. The van der Waals surface area contributed by atoms with E-state index in [9.17, 15) is 4.79 Å². The SMILES string of the molecule is CN=C(NCc1cccnc1OCc1ccccc1)N1CCN(C(=O)c2ccco2)CC1. The number of furan rings is 1. The molecule has 1 amide bonds. The van der Waals surface area contributed by atoms with Crippen molar-refractivity contribution in [1.29, 1.82) is 0 Å². The average Bonchev–Trinajstić information content (AvgIpc) is 3.39. The number of nitrogens with zero attached hydrogens (tertiary/aromatic N) is 4. The van der Waals surface area contributed by atoms with E-state index in [1.165, 1.54) is 6.26 Å². The maximum Gasteiger partial charge on any atom is 0.289 e. The van der Waals surface area contributed by atoms with Crippen molar-refractivity contribution in [2.75, 3.05) is 33.2 Å².